The van der Waals surface area contributed by atoms with E-state index in [9.17, 15) is 4.79 Å². The van der Waals surface area contributed by atoms with Gasteiger partial charge in [0.25, 0.3) is 5.91 Å². The highest BCUT2D eigenvalue weighted by Gasteiger charge is 2.06. The number of aromatic nitrogens is 2. The number of amides is 1. The maximum absolute atomic E-state index is 12.0. The van der Waals surface area contributed by atoms with Crippen molar-refractivity contribution < 1.29 is 9.53 Å². The van der Waals surface area contributed by atoms with Gasteiger partial charge in [0, 0.05) is 16.3 Å². The van der Waals surface area contributed by atoms with Crippen molar-refractivity contribution in [1.29, 1.82) is 0 Å². The number of halogens is 1. The van der Waals surface area contributed by atoms with Crippen LogP contribution < -0.4 is 10.1 Å². The highest BCUT2D eigenvalue weighted by atomic mass is 35.5. The molecule has 1 amide bonds. The van der Waals surface area contributed by atoms with Crippen molar-refractivity contribution in [3.05, 3.63) is 65.6 Å². The molecule has 0 saturated carbocycles. The average molecular weight is 342 g/mol. The van der Waals surface area contributed by atoms with E-state index in [0.29, 0.717) is 16.5 Å². The summed E-state index contributed by atoms with van der Waals surface area (Å²) in [5, 5.41) is 3.44. The molecule has 6 heteroatoms. The monoisotopic (exact) mass is 341 g/mol. The second-order valence-corrected chi connectivity index (χ2v) is 5.69. The zero-order chi connectivity index (χ0) is 16.9. The van der Waals surface area contributed by atoms with Gasteiger partial charge in [-0.25, -0.2) is 4.98 Å². The minimum absolute atomic E-state index is 0.0744. The van der Waals surface area contributed by atoms with Crippen LogP contribution in [0.2, 0.25) is 5.02 Å². The third-order valence-electron chi connectivity index (χ3n) is 3.34. The number of hydrogen-bond acceptors (Lipinski definition) is 3. The molecule has 24 heavy (non-hydrogen) atoms. The quantitative estimate of drug-likeness (QED) is 0.735. The van der Waals surface area contributed by atoms with Crippen molar-refractivity contribution in [2.75, 3.05) is 11.9 Å². The first-order valence-corrected chi connectivity index (χ1v) is 7.78. The summed E-state index contributed by atoms with van der Waals surface area (Å²) in [7, 11) is 0. The Morgan fingerprint density at radius 2 is 2.04 bits per heavy atom. The summed E-state index contributed by atoms with van der Waals surface area (Å²) in [6, 6.07) is 14.4. The Kier molecular flexibility index (Phi) is 4.82. The smallest absolute Gasteiger partial charge is 0.262 e. The first-order chi connectivity index (χ1) is 11.6. The van der Waals surface area contributed by atoms with E-state index >= 15 is 0 Å². The molecule has 3 rings (SSSR count). The molecule has 0 radical (unpaired) electrons. The van der Waals surface area contributed by atoms with E-state index in [1.54, 1.807) is 30.5 Å². The second-order valence-electron chi connectivity index (χ2n) is 5.25. The number of hydrogen-bond donors (Lipinski definition) is 2. The number of imidazole rings is 1. The number of nitrogens with zero attached hydrogens (tertiary/aromatic N) is 1. The SMILES string of the molecule is Cc1ncc(-c2cccc(NC(=O)COc3ccc(Cl)cc3)c2)[nH]1. The number of anilines is 1. The second kappa shape index (κ2) is 7.19. The number of benzene rings is 2. The first kappa shape index (κ1) is 16.1. The maximum Gasteiger partial charge on any atom is 0.262 e. The summed E-state index contributed by atoms with van der Waals surface area (Å²) in [5.74, 6) is 1.20. The molecule has 0 aliphatic rings. The Hall–Kier alpha value is -2.79. The highest BCUT2D eigenvalue weighted by Crippen LogP contribution is 2.21. The van der Waals surface area contributed by atoms with Crippen LogP contribution in [0.1, 0.15) is 5.82 Å². The molecule has 0 bridgehead atoms. The van der Waals surface area contributed by atoms with Crippen LogP contribution >= 0.6 is 11.6 Å². The number of H-pyrrole nitrogens is 1. The molecule has 0 atom stereocenters. The van der Waals surface area contributed by atoms with Gasteiger partial charge in [-0.1, -0.05) is 23.7 Å². The topological polar surface area (TPSA) is 67.0 Å². The number of aryl methyl sites for hydroxylation is 1. The van der Waals surface area contributed by atoms with Crippen molar-refractivity contribution in [3.63, 3.8) is 0 Å². The molecule has 0 fully saturated rings. The van der Waals surface area contributed by atoms with E-state index in [4.69, 9.17) is 16.3 Å². The molecular formula is C18H16ClN3O2. The van der Waals surface area contributed by atoms with Crippen LogP contribution in [-0.4, -0.2) is 22.5 Å². The van der Waals surface area contributed by atoms with Crippen LogP contribution in [0.25, 0.3) is 11.3 Å². The number of ether oxygens (including phenoxy) is 1. The van der Waals surface area contributed by atoms with Crippen LogP contribution in [0.3, 0.4) is 0 Å². The molecule has 0 unspecified atom stereocenters. The van der Waals surface area contributed by atoms with Gasteiger partial charge < -0.3 is 15.0 Å². The third kappa shape index (κ3) is 4.14. The molecule has 0 aliphatic heterocycles. The lowest BCUT2D eigenvalue weighted by Gasteiger charge is -2.08. The lowest BCUT2D eigenvalue weighted by atomic mass is 10.1. The van der Waals surface area contributed by atoms with Gasteiger partial charge in [-0.3, -0.25) is 4.79 Å². The summed E-state index contributed by atoms with van der Waals surface area (Å²) in [5.41, 5.74) is 2.55. The summed E-state index contributed by atoms with van der Waals surface area (Å²) in [6.07, 6.45) is 1.76. The van der Waals surface area contributed by atoms with E-state index in [2.05, 4.69) is 15.3 Å². The fraction of sp³-hybridized carbons (Fsp3) is 0.111. The van der Waals surface area contributed by atoms with Gasteiger partial charge in [0.15, 0.2) is 6.61 Å². The van der Waals surface area contributed by atoms with Gasteiger partial charge in [-0.2, -0.15) is 0 Å². The van der Waals surface area contributed by atoms with Crippen molar-refractivity contribution in [2.24, 2.45) is 0 Å². The van der Waals surface area contributed by atoms with Crippen molar-refractivity contribution in [2.45, 2.75) is 6.92 Å². The van der Waals surface area contributed by atoms with E-state index in [1.807, 2.05) is 31.2 Å². The minimum atomic E-state index is -0.233. The number of carbonyl (C=O) groups excluding carboxylic acids is 1. The number of rotatable bonds is 5. The predicted molar refractivity (Wildman–Crippen MR) is 94.3 cm³/mol. The van der Waals surface area contributed by atoms with Crippen LogP contribution in [0.4, 0.5) is 5.69 Å². The number of aromatic amines is 1. The summed E-state index contributed by atoms with van der Waals surface area (Å²) in [4.78, 5) is 19.4. The lowest BCUT2D eigenvalue weighted by molar-refractivity contribution is -0.118. The molecule has 0 spiro atoms. The van der Waals surface area contributed by atoms with Gasteiger partial charge in [-0.05, 0) is 43.3 Å². The molecule has 3 aromatic rings. The molecule has 1 aromatic heterocycles. The van der Waals surface area contributed by atoms with Crippen molar-refractivity contribution in [3.8, 4) is 17.0 Å². The van der Waals surface area contributed by atoms with Crippen LogP contribution in [-0.2, 0) is 4.79 Å². The molecule has 0 saturated heterocycles. The molecule has 0 aliphatic carbocycles. The lowest BCUT2D eigenvalue weighted by Crippen LogP contribution is -2.20. The fourth-order valence-electron chi connectivity index (χ4n) is 2.21. The molecule has 1 heterocycles. The van der Waals surface area contributed by atoms with E-state index < -0.39 is 0 Å². The molecule has 122 valence electrons. The Balaban J connectivity index is 1.61. The van der Waals surface area contributed by atoms with E-state index in [-0.39, 0.29) is 12.5 Å². The third-order valence-corrected chi connectivity index (χ3v) is 3.60. The Morgan fingerprint density at radius 3 is 2.75 bits per heavy atom. The normalized spacial score (nSPS) is 10.4. The van der Waals surface area contributed by atoms with Gasteiger partial charge in [0.05, 0.1) is 11.9 Å². The van der Waals surface area contributed by atoms with Crippen molar-refractivity contribution >= 4 is 23.2 Å². The predicted octanol–water partition coefficient (Wildman–Crippen LogP) is 4.06. The zero-order valence-corrected chi connectivity index (χ0v) is 13.8. The largest absolute Gasteiger partial charge is 0.484 e. The summed E-state index contributed by atoms with van der Waals surface area (Å²) < 4.78 is 5.43. The van der Waals surface area contributed by atoms with Crippen LogP contribution in [0, 0.1) is 6.92 Å². The average Bonchev–Trinajstić information content (AvgIpc) is 3.01. The van der Waals surface area contributed by atoms with Crippen LogP contribution in [0.15, 0.2) is 54.7 Å². The number of nitrogens with one attached hydrogen (secondary N) is 2. The molecular weight excluding hydrogens is 326 g/mol. The zero-order valence-electron chi connectivity index (χ0n) is 13.0. The van der Waals surface area contributed by atoms with Gasteiger partial charge in [-0.15, -0.1) is 0 Å². The van der Waals surface area contributed by atoms with E-state index in [0.717, 1.165) is 17.1 Å². The molecule has 2 N–H and O–H groups in total. The van der Waals surface area contributed by atoms with Gasteiger partial charge in [0.2, 0.25) is 0 Å². The Bertz CT molecular complexity index is 843. The Labute approximate surface area is 144 Å². The Morgan fingerprint density at radius 1 is 1.25 bits per heavy atom. The summed E-state index contributed by atoms with van der Waals surface area (Å²) in [6.45, 7) is 1.82. The van der Waals surface area contributed by atoms with Gasteiger partial charge in [0.1, 0.15) is 11.6 Å². The highest BCUT2D eigenvalue weighted by molar-refractivity contribution is 6.30. The number of carbonyl (C=O) groups is 1. The first-order valence-electron chi connectivity index (χ1n) is 7.40. The molecule has 2 aromatic carbocycles. The molecule has 5 nitrogen and oxygen atoms in total. The standard InChI is InChI=1S/C18H16ClN3O2/c1-12-20-10-17(21-12)13-3-2-4-15(9-13)22-18(23)11-24-16-7-5-14(19)6-8-16/h2-10H,11H2,1H3,(H,20,21)(H,22,23). The minimum Gasteiger partial charge on any atom is -0.484 e. The fourth-order valence-corrected chi connectivity index (χ4v) is 2.33. The summed E-state index contributed by atoms with van der Waals surface area (Å²) >= 11 is 5.81. The van der Waals surface area contributed by atoms with Crippen molar-refractivity contribution in [1.82, 2.24) is 9.97 Å². The van der Waals surface area contributed by atoms with E-state index in [1.165, 1.54) is 0 Å². The van der Waals surface area contributed by atoms with Crippen LogP contribution in [0.5, 0.6) is 5.75 Å². The van der Waals surface area contributed by atoms with Gasteiger partial charge >= 0.3 is 0 Å². The maximum atomic E-state index is 12.0.